The van der Waals surface area contributed by atoms with Crippen molar-refractivity contribution >= 4 is 5.69 Å². The smallest absolute Gasteiger partial charge is 0.277 e. The predicted molar refractivity (Wildman–Crippen MR) is 76.4 cm³/mol. The lowest BCUT2D eigenvalue weighted by molar-refractivity contribution is -0.384. The van der Waals surface area contributed by atoms with E-state index in [0.29, 0.717) is 22.6 Å². The van der Waals surface area contributed by atoms with Crippen LogP contribution in [0.5, 0.6) is 11.5 Å². The van der Waals surface area contributed by atoms with Gasteiger partial charge in [-0.15, -0.1) is 0 Å². The number of aryl methyl sites for hydroxylation is 1. The molecule has 0 fully saturated rings. The van der Waals surface area contributed by atoms with Crippen molar-refractivity contribution in [2.75, 3.05) is 14.2 Å². The van der Waals surface area contributed by atoms with Crippen molar-refractivity contribution in [3.05, 3.63) is 52.1 Å². The van der Waals surface area contributed by atoms with Crippen molar-refractivity contribution in [2.45, 2.75) is 6.92 Å². The quantitative estimate of drug-likeness (QED) is 0.631. The third kappa shape index (κ3) is 2.56. The number of benzene rings is 2. The van der Waals surface area contributed by atoms with Gasteiger partial charge in [0.25, 0.3) is 5.69 Å². The van der Waals surface area contributed by atoms with Crippen molar-refractivity contribution in [2.24, 2.45) is 0 Å². The molecule has 2 aromatic carbocycles. The first-order chi connectivity index (χ1) is 9.56. The number of rotatable bonds is 4. The van der Waals surface area contributed by atoms with Gasteiger partial charge >= 0.3 is 0 Å². The Morgan fingerprint density at radius 2 is 1.75 bits per heavy atom. The Hall–Kier alpha value is -2.56. The summed E-state index contributed by atoms with van der Waals surface area (Å²) in [6.45, 7) is 1.89. The molecule has 0 N–H and O–H groups in total. The van der Waals surface area contributed by atoms with Crippen LogP contribution in [-0.2, 0) is 0 Å². The lowest BCUT2D eigenvalue weighted by Gasteiger charge is -2.11. The van der Waals surface area contributed by atoms with Crippen LogP contribution in [0.25, 0.3) is 11.1 Å². The second-order valence-corrected chi connectivity index (χ2v) is 4.34. The minimum Gasteiger partial charge on any atom is -0.497 e. The second kappa shape index (κ2) is 5.61. The standard InChI is InChI=1S/C15H15NO4/c1-10-4-7-14(16(17)18)13(8-10)12-6-5-11(19-2)9-15(12)20-3/h4-9H,1-3H3. The van der Waals surface area contributed by atoms with Gasteiger partial charge in [0.2, 0.25) is 0 Å². The minimum atomic E-state index is -0.390. The highest BCUT2D eigenvalue weighted by Crippen LogP contribution is 2.38. The maximum absolute atomic E-state index is 11.2. The highest BCUT2D eigenvalue weighted by molar-refractivity contribution is 5.79. The van der Waals surface area contributed by atoms with Gasteiger partial charge in [-0.3, -0.25) is 10.1 Å². The number of hydrogen-bond acceptors (Lipinski definition) is 4. The molecular formula is C15H15NO4. The SMILES string of the molecule is COc1ccc(-c2cc(C)ccc2[N+](=O)[O-])c(OC)c1. The van der Waals surface area contributed by atoms with Gasteiger partial charge in [-0.2, -0.15) is 0 Å². The third-order valence-corrected chi connectivity index (χ3v) is 3.05. The van der Waals surface area contributed by atoms with Crippen LogP contribution in [0.2, 0.25) is 0 Å². The van der Waals surface area contributed by atoms with E-state index in [1.54, 1.807) is 37.4 Å². The summed E-state index contributed by atoms with van der Waals surface area (Å²) < 4.78 is 10.4. The van der Waals surface area contributed by atoms with Crippen LogP contribution in [0.4, 0.5) is 5.69 Å². The van der Waals surface area contributed by atoms with Gasteiger partial charge in [0, 0.05) is 17.7 Å². The Balaban J connectivity index is 2.67. The zero-order valence-corrected chi connectivity index (χ0v) is 11.5. The van der Waals surface area contributed by atoms with E-state index >= 15 is 0 Å². The molecule has 0 amide bonds. The Morgan fingerprint density at radius 3 is 2.35 bits per heavy atom. The number of nitro benzene ring substituents is 1. The van der Waals surface area contributed by atoms with E-state index in [1.807, 2.05) is 6.92 Å². The molecule has 104 valence electrons. The Labute approximate surface area is 116 Å². The number of nitro groups is 1. The van der Waals surface area contributed by atoms with Gasteiger partial charge < -0.3 is 9.47 Å². The van der Waals surface area contributed by atoms with Gasteiger partial charge in [0.15, 0.2) is 0 Å². The number of ether oxygens (including phenoxy) is 2. The summed E-state index contributed by atoms with van der Waals surface area (Å²) in [6, 6.07) is 10.2. The van der Waals surface area contributed by atoms with E-state index in [9.17, 15) is 10.1 Å². The zero-order chi connectivity index (χ0) is 14.7. The average Bonchev–Trinajstić information content (AvgIpc) is 2.46. The molecule has 0 heterocycles. The van der Waals surface area contributed by atoms with Crippen LogP contribution >= 0.6 is 0 Å². The van der Waals surface area contributed by atoms with Crippen LogP contribution in [0, 0.1) is 17.0 Å². The van der Waals surface area contributed by atoms with Crippen molar-refractivity contribution in [1.29, 1.82) is 0 Å². The van der Waals surface area contributed by atoms with E-state index in [0.717, 1.165) is 5.56 Å². The molecule has 0 atom stereocenters. The van der Waals surface area contributed by atoms with Gasteiger partial charge in [-0.1, -0.05) is 11.6 Å². The molecule has 2 aromatic rings. The number of nitrogens with zero attached hydrogens (tertiary/aromatic N) is 1. The molecule has 0 saturated carbocycles. The van der Waals surface area contributed by atoms with E-state index in [-0.39, 0.29) is 5.69 Å². The Bertz CT molecular complexity index is 652. The molecule has 0 aliphatic carbocycles. The predicted octanol–water partition coefficient (Wildman–Crippen LogP) is 3.59. The van der Waals surface area contributed by atoms with Crippen molar-refractivity contribution in [1.82, 2.24) is 0 Å². The Kier molecular flexibility index (Phi) is 3.89. The molecular weight excluding hydrogens is 258 g/mol. The zero-order valence-electron chi connectivity index (χ0n) is 11.5. The molecule has 0 aliphatic heterocycles. The molecule has 0 saturated heterocycles. The van der Waals surface area contributed by atoms with E-state index in [2.05, 4.69) is 0 Å². The van der Waals surface area contributed by atoms with Crippen molar-refractivity contribution in [3.8, 4) is 22.6 Å². The second-order valence-electron chi connectivity index (χ2n) is 4.34. The number of methoxy groups -OCH3 is 2. The van der Waals surface area contributed by atoms with Crippen LogP contribution in [0.15, 0.2) is 36.4 Å². The summed E-state index contributed by atoms with van der Waals surface area (Å²) in [5.41, 5.74) is 2.21. The van der Waals surface area contributed by atoms with E-state index in [1.165, 1.54) is 13.2 Å². The highest BCUT2D eigenvalue weighted by atomic mass is 16.6. The Morgan fingerprint density at radius 1 is 1.00 bits per heavy atom. The maximum atomic E-state index is 11.2. The summed E-state index contributed by atoms with van der Waals surface area (Å²) >= 11 is 0. The summed E-state index contributed by atoms with van der Waals surface area (Å²) in [7, 11) is 3.09. The molecule has 0 aromatic heterocycles. The first-order valence-electron chi connectivity index (χ1n) is 6.04. The fraction of sp³-hybridized carbons (Fsp3) is 0.200. The average molecular weight is 273 g/mol. The normalized spacial score (nSPS) is 10.2. The van der Waals surface area contributed by atoms with Gasteiger partial charge in [-0.25, -0.2) is 0 Å². The lowest BCUT2D eigenvalue weighted by Crippen LogP contribution is -1.95. The van der Waals surface area contributed by atoms with Crippen LogP contribution in [0.1, 0.15) is 5.56 Å². The fourth-order valence-corrected chi connectivity index (χ4v) is 2.05. The van der Waals surface area contributed by atoms with Crippen LogP contribution in [0.3, 0.4) is 0 Å². The fourth-order valence-electron chi connectivity index (χ4n) is 2.05. The molecule has 5 nitrogen and oxygen atoms in total. The maximum Gasteiger partial charge on any atom is 0.277 e. The first-order valence-corrected chi connectivity index (χ1v) is 6.04. The topological polar surface area (TPSA) is 61.6 Å². The van der Waals surface area contributed by atoms with E-state index in [4.69, 9.17) is 9.47 Å². The molecule has 20 heavy (non-hydrogen) atoms. The molecule has 0 unspecified atom stereocenters. The lowest BCUT2D eigenvalue weighted by atomic mass is 10.0. The van der Waals surface area contributed by atoms with Gasteiger partial charge in [0.05, 0.1) is 24.7 Å². The van der Waals surface area contributed by atoms with Crippen LogP contribution < -0.4 is 9.47 Å². The largest absolute Gasteiger partial charge is 0.497 e. The van der Waals surface area contributed by atoms with Crippen molar-refractivity contribution in [3.63, 3.8) is 0 Å². The minimum absolute atomic E-state index is 0.0547. The summed E-state index contributed by atoms with van der Waals surface area (Å²) in [5, 5.41) is 11.2. The third-order valence-electron chi connectivity index (χ3n) is 3.05. The van der Waals surface area contributed by atoms with E-state index < -0.39 is 4.92 Å². The molecule has 5 heteroatoms. The van der Waals surface area contributed by atoms with Gasteiger partial charge in [0.1, 0.15) is 11.5 Å². The summed E-state index contributed by atoms with van der Waals surface area (Å²) in [5.74, 6) is 1.18. The molecule has 0 radical (unpaired) electrons. The number of hydrogen-bond donors (Lipinski definition) is 0. The molecule has 0 aliphatic rings. The monoisotopic (exact) mass is 273 g/mol. The van der Waals surface area contributed by atoms with Crippen LogP contribution in [-0.4, -0.2) is 19.1 Å². The van der Waals surface area contributed by atoms with Gasteiger partial charge in [-0.05, 0) is 25.1 Å². The highest BCUT2D eigenvalue weighted by Gasteiger charge is 2.18. The molecule has 0 spiro atoms. The molecule has 2 rings (SSSR count). The molecule has 0 bridgehead atoms. The summed E-state index contributed by atoms with van der Waals surface area (Å²) in [6.07, 6.45) is 0. The van der Waals surface area contributed by atoms with Crippen molar-refractivity contribution < 1.29 is 14.4 Å². The first kappa shape index (κ1) is 13.9. The summed E-state index contributed by atoms with van der Waals surface area (Å²) in [4.78, 5) is 10.8.